The fourth-order valence-electron chi connectivity index (χ4n) is 1.36. The van der Waals surface area contributed by atoms with Crippen LogP contribution in [-0.4, -0.2) is 29.6 Å². The Hall–Kier alpha value is -1.34. The van der Waals surface area contributed by atoms with Crippen molar-refractivity contribution in [3.63, 3.8) is 0 Å². The maximum Gasteiger partial charge on any atom is 0.328 e. The number of carboxylic acid groups (broad SMARTS) is 1. The Morgan fingerprint density at radius 1 is 1.53 bits per heavy atom. The zero-order valence-electron chi connectivity index (χ0n) is 9.84. The molecule has 8 heteroatoms. The molecule has 0 aliphatic carbocycles. The molecule has 0 bridgehead atoms. The highest BCUT2D eigenvalue weighted by molar-refractivity contribution is 9.10. The zero-order chi connectivity index (χ0) is 14.6. The number of aliphatic carboxylic acids is 1. The lowest BCUT2D eigenvalue weighted by Gasteiger charge is -2.16. The van der Waals surface area contributed by atoms with Crippen molar-refractivity contribution in [1.29, 1.82) is 0 Å². The molecule has 19 heavy (non-hydrogen) atoms. The van der Waals surface area contributed by atoms with E-state index in [1.807, 2.05) is 0 Å². The second-order valence-electron chi connectivity index (χ2n) is 3.72. The summed E-state index contributed by atoms with van der Waals surface area (Å²) >= 11 is 8.95. The molecule has 0 aliphatic heterocycles. The first kappa shape index (κ1) is 15.7. The van der Waals surface area contributed by atoms with Crippen LogP contribution < -0.4 is 10.6 Å². The fraction of sp³-hybridized carbons (Fsp3) is 0.273. The standard InChI is InChI=1S/C11H11BrClFN2O3/c1-5(17)16-9(11(18)19)4-15-10-7(12)2-6(14)3-8(10)13/h2-3,9,15H,4H2,1H3,(H,16,17)(H,18,19). The van der Waals surface area contributed by atoms with Crippen LogP contribution in [0.4, 0.5) is 10.1 Å². The molecular weight excluding hydrogens is 342 g/mol. The van der Waals surface area contributed by atoms with E-state index >= 15 is 0 Å². The Labute approximate surface area is 122 Å². The minimum Gasteiger partial charge on any atom is -0.480 e. The van der Waals surface area contributed by atoms with Crippen LogP contribution >= 0.6 is 27.5 Å². The van der Waals surface area contributed by atoms with E-state index in [0.29, 0.717) is 10.2 Å². The molecule has 0 aliphatic rings. The van der Waals surface area contributed by atoms with Gasteiger partial charge in [0.1, 0.15) is 11.9 Å². The van der Waals surface area contributed by atoms with Crippen molar-refractivity contribution < 1.29 is 19.1 Å². The molecule has 0 saturated carbocycles. The van der Waals surface area contributed by atoms with Crippen molar-refractivity contribution in [2.75, 3.05) is 11.9 Å². The number of nitrogens with one attached hydrogen (secondary N) is 2. The van der Waals surface area contributed by atoms with Gasteiger partial charge in [-0.1, -0.05) is 11.6 Å². The maximum atomic E-state index is 13.0. The van der Waals surface area contributed by atoms with E-state index in [1.165, 1.54) is 13.0 Å². The Morgan fingerprint density at radius 2 is 2.16 bits per heavy atom. The minimum absolute atomic E-state index is 0.0845. The highest BCUT2D eigenvalue weighted by Gasteiger charge is 2.19. The summed E-state index contributed by atoms with van der Waals surface area (Å²) < 4.78 is 13.4. The van der Waals surface area contributed by atoms with Crippen LogP contribution in [0.15, 0.2) is 16.6 Å². The van der Waals surface area contributed by atoms with Crippen molar-refractivity contribution in [2.45, 2.75) is 13.0 Å². The van der Waals surface area contributed by atoms with E-state index in [2.05, 4.69) is 26.6 Å². The lowest BCUT2D eigenvalue weighted by atomic mass is 10.2. The number of hydrogen-bond donors (Lipinski definition) is 3. The predicted octanol–water partition coefficient (Wildman–Crippen LogP) is 2.24. The number of amides is 1. The SMILES string of the molecule is CC(=O)NC(CNc1c(Cl)cc(F)cc1Br)C(=O)O. The lowest BCUT2D eigenvalue weighted by Crippen LogP contribution is -2.44. The Balaban J connectivity index is 2.80. The molecule has 0 radical (unpaired) electrons. The summed E-state index contributed by atoms with van der Waals surface area (Å²) in [4.78, 5) is 21.8. The largest absolute Gasteiger partial charge is 0.480 e. The van der Waals surface area contributed by atoms with Crippen molar-refractivity contribution >= 4 is 45.1 Å². The molecule has 5 nitrogen and oxygen atoms in total. The third-order valence-electron chi connectivity index (χ3n) is 2.17. The quantitative estimate of drug-likeness (QED) is 0.758. The summed E-state index contributed by atoms with van der Waals surface area (Å²) in [5, 5.41) is 14.1. The van der Waals surface area contributed by atoms with Gasteiger partial charge in [-0.3, -0.25) is 4.79 Å². The van der Waals surface area contributed by atoms with Gasteiger partial charge in [-0.2, -0.15) is 0 Å². The molecule has 3 N–H and O–H groups in total. The van der Waals surface area contributed by atoms with Crippen LogP contribution in [0.5, 0.6) is 0 Å². The second kappa shape index (κ2) is 6.72. The predicted molar refractivity (Wildman–Crippen MR) is 72.8 cm³/mol. The van der Waals surface area contributed by atoms with Crippen molar-refractivity contribution in [1.82, 2.24) is 5.32 Å². The van der Waals surface area contributed by atoms with Crippen LogP contribution in [0.25, 0.3) is 0 Å². The Bertz CT molecular complexity index is 490. The van der Waals surface area contributed by atoms with Gasteiger partial charge in [0, 0.05) is 17.9 Å². The van der Waals surface area contributed by atoms with E-state index in [4.69, 9.17) is 16.7 Å². The molecule has 0 heterocycles. The summed E-state index contributed by atoms with van der Waals surface area (Å²) in [5.41, 5.74) is 0.361. The molecule has 1 atom stereocenters. The molecule has 1 rings (SSSR count). The lowest BCUT2D eigenvalue weighted by molar-refractivity contribution is -0.141. The van der Waals surface area contributed by atoms with Gasteiger partial charge in [0.05, 0.1) is 10.7 Å². The van der Waals surface area contributed by atoms with Crippen LogP contribution in [0.2, 0.25) is 5.02 Å². The minimum atomic E-state index is -1.18. The van der Waals surface area contributed by atoms with Crippen LogP contribution in [0, 0.1) is 5.82 Å². The van der Waals surface area contributed by atoms with Crippen molar-refractivity contribution in [3.8, 4) is 0 Å². The average Bonchev–Trinajstić information content (AvgIpc) is 2.25. The summed E-state index contributed by atoms with van der Waals surface area (Å²) in [7, 11) is 0. The molecule has 1 aromatic carbocycles. The van der Waals surface area contributed by atoms with Gasteiger partial charge in [0.15, 0.2) is 0 Å². The van der Waals surface area contributed by atoms with E-state index in [1.54, 1.807) is 0 Å². The first-order valence-electron chi connectivity index (χ1n) is 5.19. The fourth-order valence-corrected chi connectivity index (χ4v) is 2.32. The Morgan fingerprint density at radius 3 is 2.63 bits per heavy atom. The van der Waals surface area contributed by atoms with Gasteiger partial charge < -0.3 is 15.7 Å². The van der Waals surface area contributed by atoms with Crippen molar-refractivity contribution in [3.05, 3.63) is 27.4 Å². The van der Waals surface area contributed by atoms with Gasteiger partial charge in [-0.25, -0.2) is 9.18 Å². The summed E-state index contributed by atoms with van der Waals surface area (Å²) in [6, 6.07) is 1.19. The molecule has 1 amide bonds. The van der Waals surface area contributed by atoms with E-state index < -0.39 is 23.7 Å². The number of anilines is 1. The zero-order valence-corrected chi connectivity index (χ0v) is 12.2. The highest BCUT2D eigenvalue weighted by atomic mass is 79.9. The first-order valence-corrected chi connectivity index (χ1v) is 6.36. The molecule has 0 spiro atoms. The van der Waals surface area contributed by atoms with Crippen LogP contribution in [-0.2, 0) is 9.59 Å². The van der Waals surface area contributed by atoms with E-state index in [0.717, 1.165) is 6.07 Å². The maximum absolute atomic E-state index is 13.0. The number of benzene rings is 1. The average molecular weight is 354 g/mol. The third-order valence-corrected chi connectivity index (χ3v) is 3.09. The smallest absolute Gasteiger partial charge is 0.328 e. The third kappa shape index (κ3) is 4.68. The number of carbonyl (C=O) groups is 2. The van der Waals surface area contributed by atoms with Gasteiger partial charge >= 0.3 is 5.97 Å². The highest BCUT2D eigenvalue weighted by Crippen LogP contribution is 2.31. The molecule has 0 aromatic heterocycles. The van der Waals surface area contributed by atoms with Crippen molar-refractivity contribution in [2.24, 2.45) is 0 Å². The van der Waals surface area contributed by atoms with Crippen LogP contribution in [0.3, 0.4) is 0 Å². The van der Waals surface area contributed by atoms with Gasteiger partial charge in [-0.05, 0) is 28.1 Å². The summed E-state index contributed by atoms with van der Waals surface area (Å²) in [5.74, 6) is -2.16. The molecule has 104 valence electrons. The number of rotatable bonds is 5. The first-order chi connectivity index (χ1) is 8.81. The van der Waals surface area contributed by atoms with E-state index in [-0.39, 0.29) is 11.6 Å². The van der Waals surface area contributed by atoms with Gasteiger partial charge in [-0.15, -0.1) is 0 Å². The number of hydrogen-bond acceptors (Lipinski definition) is 3. The van der Waals surface area contributed by atoms with Crippen LogP contribution in [0.1, 0.15) is 6.92 Å². The van der Waals surface area contributed by atoms with Gasteiger partial charge in [0.25, 0.3) is 0 Å². The Kier molecular flexibility index (Phi) is 5.56. The van der Waals surface area contributed by atoms with Gasteiger partial charge in [0.2, 0.25) is 5.91 Å². The summed E-state index contributed by atoms with van der Waals surface area (Å²) in [6.45, 7) is 1.13. The molecule has 1 unspecified atom stereocenters. The molecular formula is C11H11BrClFN2O3. The normalized spacial score (nSPS) is 11.8. The topological polar surface area (TPSA) is 78.4 Å². The molecule has 0 saturated heterocycles. The second-order valence-corrected chi connectivity index (χ2v) is 4.98. The monoisotopic (exact) mass is 352 g/mol. The number of carboxylic acids is 1. The number of halogens is 3. The van der Waals surface area contributed by atoms with E-state index in [9.17, 15) is 14.0 Å². The molecule has 0 fully saturated rings. The molecule has 1 aromatic rings. The number of carbonyl (C=O) groups excluding carboxylic acids is 1. The summed E-state index contributed by atoms with van der Waals surface area (Å²) in [6.07, 6.45) is 0.